The number of carbonyl (C=O) groups is 2. The number of likely N-dealkylation sites (tertiary alicyclic amines) is 1. The molecule has 2 rings (SSSR count). The van der Waals surface area contributed by atoms with Gasteiger partial charge in [-0.05, 0) is 31.6 Å². The Bertz CT molecular complexity index is 325. The van der Waals surface area contributed by atoms with Gasteiger partial charge in [0, 0.05) is 25.7 Å². The summed E-state index contributed by atoms with van der Waals surface area (Å²) in [5.41, 5.74) is 0. The summed E-state index contributed by atoms with van der Waals surface area (Å²) in [6, 6.07) is -0.611. The van der Waals surface area contributed by atoms with E-state index >= 15 is 0 Å². The van der Waals surface area contributed by atoms with Crippen molar-refractivity contribution >= 4 is 11.9 Å². The lowest BCUT2D eigenvalue weighted by Crippen LogP contribution is -2.45. The van der Waals surface area contributed by atoms with Crippen LogP contribution in [0.25, 0.3) is 0 Å². The molecule has 1 amide bonds. The van der Waals surface area contributed by atoms with Gasteiger partial charge < -0.3 is 14.7 Å². The largest absolute Gasteiger partial charge is 0.480 e. The Morgan fingerprint density at radius 2 is 1.94 bits per heavy atom. The standard InChI is InChI=1S/C13H21NO4/c1-9(10-4-7-18-8-5-10)12(15)14-6-2-3-11(14)13(16)17/h9-11H,2-8H2,1H3,(H,16,17)/t9?,11-/m1/s1. The molecule has 0 aliphatic carbocycles. The van der Waals surface area contributed by atoms with Gasteiger partial charge in [0.2, 0.25) is 5.91 Å². The Balaban J connectivity index is 1.99. The first-order chi connectivity index (χ1) is 8.61. The fraction of sp³-hybridized carbons (Fsp3) is 0.846. The number of amides is 1. The molecular formula is C13H21NO4. The molecule has 0 aromatic carbocycles. The first-order valence-electron chi connectivity index (χ1n) is 6.72. The fourth-order valence-corrected chi connectivity index (χ4v) is 2.97. The molecule has 1 N–H and O–H groups in total. The maximum Gasteiger partial charge on any atom is 0.326 e. The first-order valence-corrected chi connectivity index (χ1v) is 6.72. The molecule has 18 heavy (non-hydrogen) atoms. The van der Waals surface area contributed by atoms with Crippen LogP contribution in [0.3, 0.4) is 0 Å². The third-order valence-corrected chi connectivity index (χ3v) is 4.18. The molecule has 0 bridgehead atoms. The first kappa shape index (κ1) is 13.3. The molecule has 0 aromatic heterocycles. The highest BCUT2D eigenvalue weighted by molar-refractivity contribution is 5.85. The minimum absolute atomic E-state index is 0.00630. The van der Waals surface area contributed by atoms with Crippen molar-refractivity contribution < 1.29 is 19.4 Å². The van der Waals surface area contributed by atoms with Gasteiger partial charge in [-0.25, -0.2) is 4.79 Å². The van der Waals surface area contributed by atoms with Crippen molar-refractivity contribution in [2.24, 2.45) is 11.8 Å². The average molecular weight is 255 g/mol. The van der Waals surface area contributed by atoms with Crippen molar-refractivity contribution in [2.75, 3.05) is 19.8 Å². The van der Waals surface area contributed by atoms with E-state index in [9.17, 15) is 9.59 Å². The van der Waals surface area contributed by atoms with Gasteiger partial charge in [-0.15, -0.1) is 0 Å². The molecule has 0 spiro atoms. The van der Waals surface area contributed by atoms with Crippen molar-refractivity contribution in [1.29, 1.82) is 0 Å². The minimum atomic E-state index is -0.875. The Morgan fingerprint density at radius 1 is 1.28 bits per heavy atom. The van der Waals surface area contributed by atoms with Crippen molar-refractivity contribution in [1.82, 2.24) is 4.90 Å². The summed E-state index contributed by atoms with van der Waals surface area (Å²) < 4.78 is 5.30. The highest BCUT2D eigenvalue weighted by atomic mass is 16.5. The van der Waals surface area contributed by atoms with E-state index in [1.165, 1.54) is 0 Å². The van der Waals surface area contributed by atoms with Gasteiger partial charge in [-0.3, -0.25) is 4.79 Å². The van der Waals surface area contributed by atoms with Crippen LogP contribution in [0.4, 0.5) is 0 Å². The van der Waals surface area contributed by atoms with Crippen LogP contribution in [0, 0.1) is 11.8 Å². The van der Waals surface area contributed by atoms with Gasteiger partial charge in [0.25, 0.3) is 0 Å². The quantitative estimate of drug-likeness (QED) is 0.820. The number of hydrogen-bond donors (Lipinski definition) is 1. The number of hydrogen-bond acceptors (Lipinski definition) is 3. The molecule has 2 aliphatic heterocycles. The number of carboxylic acid groups (broad SMARTS) is 1. The highest BCUT2D eigenvalue weighted by Crippen LogP contribution is 2.28. The molecule has 2 saturated heterocycles. The zero-order chi connectivity index (χ0) is 13.1. The third-order valence-electron chi connectivity index (χ3n) is 4.18. The van der Waals surface area contributed by atoms with E-state index in [1.807, 2.05) is 6.92 Å². The molecule has 102 valence electrons. The lowest BCUT2D eigenvalue weighted by Gasteiger charge is -2.31. The van der Waals surface area contributed by atoms with Crippen LogP contribution in [0.15, 0.2) is 0 Å². The third kappa shape index (κ3) is 2.66. The molecule has 2 atom stereocenters. The van der Waals surface area contributed by atoms with E-state index < -0.39 is 12.0 Å². The summed E-state index contributed by atoms with van der Waals surface area (Å²) in [5, 5.41) is 9.11. The van der Waals surface area contributed by atoms with Gasteiger partial charge in [-0.1, -0.05) is 6.92 Å². The minimum Gasteiger partial charge on any atom is -0.480 e. The number of ether oxygens (including phenoxy) is 1. The number of nitrogens with zero attached hydrogens (tertiary/aromatic N) is 1. The van der Waals surface area contributed by atoms with E-state index in [4.69, 9.17) is 9.84 Å². The van der Waals surface area contributed by atoms with Crippen molar-refractivity contribution in [3.63, 3.8) is 0 Å². The zero-order valence-corrected chi connectivity index (χ0v) is 10.8. The topological polar surface area (TPSA) is 66.8 Å². The van der Waals surface area contributed by atoms with Crippen LogP contribution in [0.5, 0.6) is 0 Å². The highest BCUT2D eigenvalue weighted by Gasteiger charge is 2.38. The lowest BCUT2D eigenvalue weighted by molar-refractivity contribution is -0.151. The molecule has 2 aliphatic rings. The summed E-state index contributed by atoms with van der Waals surface area (Å²) in [4.78, 5) is 25.0. The average Bonchev–Trinajstić information content (AvgIpc) is 2.87. The van der Waals surface area contributed by atoms with Crippen LogP contribution in [0.2, 0.25) is 0 Å². The smallest absolute Gasteiger partial charge is 0.326 e. The van der Waals surface area contributed by atoms with Crippen molar-refractivity contribution in [2.45, 2.75) is 38.6 Å². The zero-order valence-electron chi connectivity index (χ0n) is 10.8. The number of aliphatic carboxylic acids is 1. The van der Waals surface area contributed by atoms with Crippen molar-refractivity contribution in [3.05, 3.63) is 0 Å². The molecule has 0 saturated carbocycles. The number of rotatable bonds is 3. The van der Waals surface area contributed by atoms with Crippen LogP contribution in [0.1, 0.15) is 32.6 Å². The molecule has 1 unspecified atom stereocenters. The molecule has 2 fully saturated rings. The van der Waals surface area contributed by atoms with Crippen LogP contribution in [-0.4, -0.2) is 47.7 Å². The number of carboxylic acids is 1. The summed E-state index contributed by atoms with van der Waals surface area (Å²) in [5.74, 6) is -0.623. The summed E-state index contributed by atoms with van der Waals surface area (Å²) in [7, 11) is 0. The van der Waals surface area contributed by atoms with Gasteiger partial charge in [0.05, 0.1) is 0 Å². The van der Waals surface area contributed by atoms with Gasteiger partial charge in [0.1, 0.15) is 6.04 Å². The maximum absolute atomic E-state index is 12.4. The molecule has 5 heteroatoms. The molecule has 0 aromatic rings. The normalized spacial score (nSPS) is 27.2. The predicted molar refractivity (Wildman–Crippen MR) is 65.1 cm³/mol. The summed E-state index contributed by atoms with van der Waals surface area (Å²) in [6.45, 7) is 3.94. The second-order valence-corrected chi connectivity index (χ2v) is 5.27. The van der Waals surface area contributed by atoms with E-state index in [1.54, 1.807) is 4.90 Å². The van der Waals surface area contributed by atoms with Crippen LogP contribution < -0.4 is 0 Å². The molecule has 2 heterocycles. The van der Waals surface area contributed by atoms with E-state index in [0.29, 0.717) is 32.1 Å². The number of carbonyl (C=O) groups excluding carboxylic acids is 1. The van der Waals surface area contributed by atoms with Gasteiger partial charge in [-0.2, -0.15) is 0 Å². The van der Waals surface area contributed by atoms with E-state index in [2.05, 4.69) is 0 Å². The molecule has 0 radical (unpaired) electrons. The van der Waals surface area contributed by atoms with Crippen LogP contribution >= 0.6 is 0 Å². The predicted octanol–water partition coefficient (Wildman–Crippen LogP) is 1.12. The van der Waals surface area contributed by atoms with Gasteiger partial charge >= 0.3 is 5.97 Å². The molecular weight excluding hydrogens is 234 g/mol. The SMILES string of the molecule is CC(C(=O)N1CCC[C@@H]1C(=O)O)C1CCOCC1. The van der Waals surface area contributed by atoms with Crippen molar-refractivity contribution in [3.8, 4) is 0 Å². The van der Waals surface area contributed by atoms with E-state index in [0.717, 1.165) is 19.3 Å². The Morgan fingerprint density at radius 3 is 2.56 bits per heavy atom. The van der Waals surface area contributed by atoms with Gasteiger partial charge in [0.15, 0.2) is 0 Å². The fourth-order valence-electron chi connectivity index (χ4n) is 2.97. The maximum atomic E-state index is 12.4. The Hall–Kier alpha value is -1.10. The lowest BCUT2D eigenvalue weighted by atomic mass is 9.86. The summed E-state index contributed by atoms with van der Waals surface area (Å²) in [6.07, 6.45) is 3.18. The van der Waals surface area contributed by atoms with Crippen LogP contribution in [-0.2, 0) is 14.3 Å². The van der Waals surface area contributed by atoms with E-state index in [-0.39, 0.29) is 11.8 Å². The monoisotopic (exact) mass is 255 g/mol. The Labute approximate surface area is 107 Å². The second kappa shape index (κ2) is 5.69. The summed E-state index contributed by atoms with van der Waals surface area (Å²) >= 11 is 0. The Kier molecular flexibility index (Phi) is 4.22. The second-order valence-electron chi connectivity index (χ2n) is 5.27. The molecule has 5 nitrogen and oxygen atoms in total.